The van der Waals surface area contributed by atoms with Gasteiger partial charge in [-0.05, 0) is 56.4 Å². The average molecular weight is 367 g/mol. The van der Waals surface area contributed by atoms with E-state index in [1.165, 1.54) is 17.0 Å². The Hall–Kier alpha value is -1.56. The van der Waals surface area contributed by atoms with Crippen LogP contribution in [0.25, 0.3) is 0 Å². The highest BCUT2D eigenvalue weighted by Gasteiger charge is 2.32. The van der Waals surface area contributed by atoms with Crippen LogP contribution in [-0.4, -0.2) is 32.7 Å². The molecule has 1 atom stereocenters. The van der Waals surface area contributed by atoms with Crippen molar-refractivity contribution in [2.24, 2.45) is 0 Å². The number of benzene rings is 1. The van der Waals surface area contributed by atoms with E-state index in [1.54, 1.807) is 6.07 Å². The summed E-state index contributed by atoms with van der Waals surface area (Å²) in [5.74, 6) is -0.196. The number of carbonyl (C=O) groups is 1. The molecule has 2 rings (SSSR count). The fourth-order valence-electron chi connectivity index (χ4n) is 3.47. The second-order valence-electron chi connectivity index (χ2n) is 7.09. The van der Waals surface area contributed by atoms with Gasteiger partial charge in [0, 0.05) is 6.04 Å². The molecule has 0 saturated heterocycles. The quantitative estimate of drug-likeness (QED) is 0.840. The van der Waals surface area contributed by atoms with Crippen LogP contribution in [0, 0.1) is 13.8 Å². The second-order valence-corrected chi connectivity index (χ2v) is 8.95. The van der Waals surface area contributed by atoms with E-state index in [2.05, 4.69) is 5.32 Å². The third-order valence-electron chi connectivity index (χ3n) is 5.03. The molecule has 1 fully saturated rings. The minimum absolute atomic E-state index is 0.163. The summed E-state index contributed by atoms with van der Waals surface area (Å²) < 4.78 is 26.2. The van der Waals surface area contributed by atoms with Crippen LogP contribution in [-0.2, 0) is 14.8 Å². The molecule has 5 nitrogen and oxygen atoms in total. The molecule has 25 heavy (non-hydrogen) atoms. The van der Waals surface area contributed by atoms with Gasteiger partial charge in [0.25, 0.3) is 0 Å². The Balaban J connectivity index is 2.30. The molecular formula is C19H30N2O3S. The average Bonchev–Trinajstić information content (AvgIpc) is 2.55. The maximum Gasteiger partial charge on any atom is 0.244 e. The minimum atomic E-state index is -3.57. The third kappa shape index (κ3) is 4.97. The molecule has 1 aliphatic rings. The van der Waals surface area contributed by atoms with Gasteiger partial charge in [-0.1, -0.05) is 32.3 Å². The van der Waals surface area contributed by atoms with Crippen molar-refractivity contribution in [1.82, 2.24) is 5.32 Å². The number of carbonyl (C=O) groups excluding carboxylic acids is 1. The van der Waals surface area contributed by atoms with E-state index in [0.717, 1.165) is 36.8 Å². The van der Waals surface area contributed by atoms with Crippen LogP contribution in [0.5, 0.6) is 0 Å². The highest BCUT2D eigenvalue weighted by molar-refractivity contribution is 7.92. The largest absolute Gasteiger partial charge is 0.352 e. The predicted molar refractivity (Wildman–Crippen MR) is 102 cm³/mol. The van der Waals surface area contributed by atoms with Gasteiger partial charge in [-0.15, -0.1) is 0 Å². The summed E-state index contributed by atoms with van der Waals surface area (Å²) >= 11 is 0. The zero-order valence-electron chi connectivity index (χ0n) is 15.7. The Kier molecular flexibility index (Phi) is 6.49. The molecule has 1 aromatic carbocycles. The van der Waals surface area contributed by atoms with E-state index in [1.807, 2.05) is 32.9 Å². The molecule has 6 heteroatoms. The lowest BCUT2D eigenvalue weighted by Crippen LogP contribution is -2.51. The zero-order valence-corrected chi connectivity index (χ0v) is 16.5. The zero-order chi connectivity index (χ0) is 18.6. The van der Waals surface area contributed by atoms with Crippen molar-refractivity contribution >= 4 is 21.6 Å². The Morgan fingerprint density at radius 3 is 2.36 bits per heavy atom. The fraction of sp³-hybridized carbons (Fsp3) is 0.632. The highest BCUT2D eigenvalue weighted by Crippen LogP contribution is 2.25. The Morgan fingerprint density at radius 2 is 1.84 bits per heavy atom. The number of aryl methyl sites for hydroxylation is 2. The number of rotatable bonds is 6. The molecule has 1 aromatic rings. The van der Waals surface area contributed by atoms with Crippen LogP contribution in [0.15, 0.2) is 18.2 Å². The number of sulfonamides is 1. The van der Waals surface area contributed by atoms with Gasteiger partial charge in [-0.25, -0.2) is 8.42 Å². The Bertz CT molecular complexity index is 709. The van der Waals surface area contributed by atoms with E-state index in [9.17, 15) is 13.2 Å². The van der Waals surface area contributed by atoms with Gasteiger partial charge in [0.15, 0.2) is 0 Å². The van der Waals surface area contributed by atoms with E-state index in [4.69, 9.17) is 0 Å². The van der Waals surface area contributed by atoms with Crippen LogP contribution in [0.3, 0.4) is 0 Å². The summed E-state index contributed by atoms with van der Waals surface area (Å²) in [6.45, 7) is 5.78. The van der Waals surface area contributed by atoms with Gasteiger partial charge in [-0.3, -0.25) is 9.10 Å². The standard InChI is InChI=1S/C19H30N2O3S/c1-5-18(19(22)20-16-9-7-6-8-10-16)21(25(4,23)24)17-12-11-14(2)15(3)13-17/h11-13,16,18H,5-10H2,1-4H3,(H,20,22)/t18-/m0/s1. The van der Waals surface area contributed by atoms with Gasteiger partial charge in [0.05, 0.1) is 11.9 Å². The summed E-state index contributed by atoms with van der Waals surface area (Å²) in [6.07, 6.45) is 7.00. The number of hydrogen-bond acceptors (Lipinski definition) is 3. The van der Waals surface area contributed by atoms with Crippen molar-refractivity contribution in [1.29, 1.82) is 0 Å². The lowest BCUT2D eigenvalue weighted by molar-refractivity contribution is -0.123. The number of nitrogens with one attached hydrogen (secondary N) is 1. The molecule has 0 aromatic heterocycles. The molecule has 0 radical (unpaired) electrons. The normalized spacial score (nSPS) is 17.1. The van der Waals surface area contributed by atoms with Gasteiger partial charge in [0.1, 0.15) is 6.04 Å². The van der Waals surface area contributed by atoms with Gasteiger partial charge in [-0.2, -0.15) is 0 Å². The lowest BCUT2D eigenvalue weighted by Gasteiger charge is -2.32. The molecule has 1 aliphatic carbocycles. The Morgan fingerprint density at radius 1 is 1.20 bits per heavy atom. The van der Waals surface area contributed by atoms with Crippen molar-refractivity contribution < 1.29 is 13.2 Å². The van der Waals surface area contributed by atoms with Crippen LogP contribution < -0.4 is 9.62 Å². The van der Waals surface area contributed by atoms with Crippen LogP contribution in [0.2, 0.25) is 0 Å². The maximum atomic E-state index is 12.8. The van der Waals surface area contributed by atoms with E-state index in [0.29, 0.717) is 12.1 Å². The maximum absolute atomic E-state index is 12.8. The van der Waals surface area contributed by atoms with Crippen LogP contribution in [0.1, 0.15) is 56.6 Å². The first kappa shape index (κ1) is 19.8. The smallest absolute Gasteiger partial charge is 0.244 e. The van der Waals surface area contributed by atoms with Crippen molar-refractivity contribution in [2.45, 2.75) is 71.4 Å². The van der Waals surface area contributed by atoms with E-state index < -0.39 is 16.1 Å². The third-order valence-corrected chi connectivity index (χ3v) is 6.21. The summed E-state index contributed by atoms with van der Waals surface area (Å²) in [5, 5.41) is 3.07. The van der Waals surface area contributed by atoms with Gasteiger partial charge in [0.2, 0.25) is 15.9 Å². The van der Waals surface area contributed by atoms with Crippen molar-refractivity contribution in [3.8, 4) is 0 Å². The summed E-state index contributed by atoms with van der Waals surface area (Å²) in [7, 11) is -3.57. The molecular weight excluding hydrogens is 336 g/mol. The molecule has 0 heterocycles. The molecule has 1 saturated carbocycles. The molecule has 1 N–H and O–H groups in total. The SMILES string of the molecule is CC[C@@H](C(=O)NC1CCCCC1)N(c1ccc(C)c(C)c1)S(C)(=O)=O. The number of hydrogen-bond donors (Lipinski definition) is 1. The van der Waals surface area contributed by atoms with Crippen molar-refractivity contribution in [3.63, 3.8) is 0 Å². The lowest BCUT2D eigenvalue weighted by atomic mass is 9.95. The minimum Gasteiger partial charge on any atom is -0.352 e. The van der Waals surface area contributed by atoms with Crippen molar-refractivity contribution in [3.05, 3.63) is 29.3 Å². The molecule has 140 valence electrons. The predicted octanol–water partition coefficient (Wildman–Crippen LogP) is 3.30. The second kappa shape index (κ2) is 8.21. The topological polar surface area (TPSA) is 66.5 Å². The van der Waals surface area contributed by atoms with E-state index >= 15 is 0 Å². The molecule has 0 spiro atoms. The van der Waals surface area contributed by atoms with Crippen LogP contribution >= 0.6 is 0 Å². The van der Waals surface area contributed by atoms with Gasteiger partial charge < -0.3 is 5.32 Å². The molecule has 1 amide bonds. The van der Waals surface area contributed by atoms with Gasteiger partial charge >= 0.3 is 0 Å². The first-order valence-corrected chi connectivity index (χ1v) is 11.0. The number of anilines is 1. The number of nitrogens with zero attached hydrogens (tertiary/aromatic N) is 1. The first-order valence-electron chi connectivity index (χ1n) is 9.11. The Labute approximate surface area is 151 Å². The summed E-state index contributed by atoms with van der Waals surface area (Å²) in [5.41, 5.74) is 2.65. The van der Waals surface area contributed by atoms with E-state index in [-0.39, 0.29) is 11.9 Å². The fourth-order valence-corrected chi connectivity index (χ4v) is 4.67. The highest BCUT2D eigenvalue weighted by atomic mass is 32.2. The molecule has 0 unspecified atom stereocenters. The summed E-state index contributed by atoms with van der Waals surface area (Å²) in [6, 6.07) is 4.96. The van der Waals surface area contributed by atoms with Crippen molar-refractivity contribution in [2.75, 3.05) is 10.6 Å². The summed E-state index contributed by atoms with van der Waals surface area (Å²) in [4.78, 5) is 12.8. The monoisotopic (exact) mass is 366 g/mol. The first-order chi connectivity index (χ1) is 11.7. The van der Waals surface area contributed by atoms with Crippen LogP contribution in [0.4, 0.5) is 5.69 Å². The molecule has 0 bridgehead atoms. The molecule has 0 aliphatic heterocycles. The number of amides is 1.